The summed E-state index contributed by atoms with van der Waals surface area (Å²) in [6.45, 7) is 5.99. The molecule has 1 aromatic rings. The highest BCUT2D eigenvalue weighted by atomic mass is 32.2. The van der Waals surface area contributed by atoms with Gasteiger partial charge in [0.05, 0.1) is 11.4 Å². The lowest BCUT2D eigenvalue weighted by molar-refractivity contribution is -0.139. The molecule has 8 nitrogen and oxygen atoms in total. The number of aliphatic carboxylic acids is 1. The van der Waals surface area contributed by atoms with Gasteiger partial charge in [0, 0.05) is 23.7 Å². The fourth-order valence-electron chi connectivity index (χ4n) is 3.13. The number of hydrogen-bond acceptors (Lipinski definition) is 5. The van der Waals surface area contributed by atoms with Gasteiger partial charge in [0.25, 0.3) is 5.91 Å². The Labute approximate surface area is 160 Å². The first-order chi connectivity index (χ1) is 12.6. The van der Waals surface area contributed by atoms with Gasteiger partial charge < -0.3 is 10.4 Å². The molecule has 1 amide bonds. The van der Waals surface area contributed by atoms with Gasteiger partial charge in [-0.05, 0) is 51.4 Å². The minimum Gasteiger partial charge on any atom is -0.480 e. The van der Waals surface area contributed by atoms with E-state index < -0.39 is 16.0 Å². The van der Waals surface area contributed by atoms with E-state index in [0.717, 1.165) is 0 Å². The Hall–Kier alpha value is -1.97. The molecule has 0 unspecified atom stereocenters. The van der Waals surface area contributed by atoms with E-state index in [-0.39, 0.29) is 41.0 Å². The average molecular weight is 397 g/mol. The maximum absolute atomic E-state index is 12.4. The van der Waals surface area contributed by atoms with Gasteiger partial charge >= 0.3 is 5.97 Å². The Morgan fingerprint density at radius 3 is 2.52 bits per heavy atom. The second kappa shape index (κ2) is 8.81. The zero-order valence-electron chi connectivity index (χ0n) is 15.8. The number of carbonyl (C=O) groups is 2. The zero-order valence-corrected chi connectivity index (χ0v) is 16.6. The summed E-state index contributed by atoms with van der Waals surface area (Å²) < 4.78 is 27.0. The highest BCUT2D eigenvalue weighted by molar-refractivity contribution is 7.89. The molecule has 0 heterocycles. The van der Waals surface area contributed by atoms with Crippen LogP contribution in [0.3, 0.4) is 0 Å². The van der Waals surface area contributed by atoms with Gasteiger partial charge in [-0.25, -0.2) is 13.1 Å². The first kappa shape index (κ1) is 21.3. The molecule has 1 fully saturated rings. The summed E-state index contributed by atoms with van der Waals surface area (Å²) in [7, 11) is -3.66. The number of nitrogens with zero attached hydrogens (tertiary/aromatic N) is 1. The molecule has 3 N–H and O–H groups in total. The van der Waals surface area contributed by atoms with Crippen LogP contribution in [-0.4, -0.2) is 61.5 Å². The fourth-order valence-corrected chi connectivity index (χ4v) is 4.42. The number of sulfonamides is 1. The Morgan fingerprint density at radius 2 is 1.96 bits per heavy atom. The maximum atomic E-state index is 12.4. The summed E-state index contributed by atoms with van der Waals surface area (Å²) in [5, 5.41) is 11.8. The van der Waals surface area contributed by atoms with Gasteiger partial charge in [-0.2, -0.15) is 0 Å². The SMILES string of the molecule is CCN(CC(=O)O)C1CC(NC(=O)c2cccc(S(=O)(=O)NC(C)C)c2)C1. The van der Waals surface area contributed by atoms with E-state index >= 15 is 0 Å². The molecule has 0 atom stereocenters. The third-order valence-electron chi connectivity index (χ3n) is 4.51. The van der Waals surface area contributed by atoms with Crippen molar-refractivity contribution in [2.45, 2.75) is 56.6 Å². The van der Waals surface area contributed by atoms with Crippen LogP contribution in [0.4, 0.5) is 0 Å². The van der Waals surface area contributed by atoms with Crippen molar-refractivity contribution in [3.05, 3.63) is 29.8 Å². The van der Waals surface area contributed by atoms with Crippen LogP contribution in [-0.2, 0) is 14.8 Å². The number of carboxylic acids is 1. The van der Waals surface area contributed by atoms with Crippen molar-refractivity contribution in [1.82, 2.24) is 14.9 Å². The van der Waals surface area contributed by atoms with Crippen LogP contribution in [0.25, 0.3) is 0 Å². The van der Waals surface area contributed by atoms with E-state index in [4.69, 9.17) is 5.11 Å². The lowest BCUT2D eigenvalue weighted by Gasteiger charge is -2.42. The summed E-state index contributed by atoms with van der Waals surface area (Å²) in [6.07, 6.45) is 1.36. The van der Waals surface area contributed by atoms with Crippen molar-refractivity contribution in [2.24, 2.45) is 0 Å². The second-order valence-corrected chi connectivity index (χ2v) is 8.77. The van der Waals surface area contributed by atoms with Gasteiger partial charge in [-0.3, -0.25) is 14.5 Å². The molecular formula is C18H27N3O5S. The summed E-state index contributed by atoms with van der Waals surface area (Å²) in [4.78, 5) is 25.2. The van der Waals surface area contributed by atoms with Gasteiger partial charge in [0.2, 0.25) is 10.0 Å². The topological polar surface area (TPSA) is 116 Å². The molecular weight excluding hydrogens is 370 g/mol. The summed E-state index contributed by atoms with van der Waals surface area (Å²) in [5.41, 5.74) is 0.281. The quantitative estimate of drug-likeness (QED) is 0.573. The number of nitrogens with one attached hydrogen (secondary N) is 2. The highest BCUT2D eigenvalue weighted by Gasteiger charge is 2.34. The molecule has 0 saturated heterocycles. The van der Waals surface area contributed by atoms with Crippen molar-refractivity contribution in [3.8, 4) is 0 Å². The van der Waals surface area contributed by atoms with Crippen LogP contribution in [0, 0.1) is 0 Å². The summed E-state index contributed by atoms with van der Waals surface area (Å²) >= 11 is 0. The van der Waals surface area contributed by atoms with Crippen LogP contribution in [0.1, 0.15) is 44.0 Å². The van der Waals surface area contributed by atoms with Gasteiger partial charge in [-0.1, -0.05) is 13.0 Å². The molecule has 2 rings (SSSR count). The third kappa shape index (κ3) is 5.75. The molecule has 27 heavy (non-hydrogen) atoms. The number of benzene rings is 1. The highest BCUT2D eigenvalue weighted by Crippen LogP contribution is 2.26. The lowest BCUT2D eigenvalue weighted by Crippen LogP contribution is -2.54. The minimum atomic E-state index is -3.66. The summed E-state index contributed by atoms with van der Waals surface area (Å²) in [6, 6.07) is 5.77. The molecule has 0 aliphatic heterocycles. The van der Waals surface area contributed by atoms with Crippen molar-refractivity contribution in [3.63, 3.8) is 0 Å². The molecule has 1 aliphatic rings. The van der Waals surface area contributed by atoms with Crippen LogP contribution >= 0.6 is 0 Å². The molecule has 1 saturated carbocycles. The Kier molecular flexibility index (Phi) is 6.96. The second-order valence-electron chi connectivity index (χ2n) is 7.06. The van der Waals surface area contributed by atoms with Crippen molar-refractivity contribution in [2.75, 3.05) is 13.1 Å². The number of carbonyl (C=O) groups excluding carboxylic acids is 1. The average Bonchev–Trinajstić information content (AvgIpc) is 2.54. The number of likely N-dealkylation sites (N-methyl/N-ethyl adjacent to an activating group) is 1. The Balaban J connectivity index is 1.96. The van der Waals surface area contributed by atoms with Crippen LogP contribution in [0.2, 0.25) is 0 Å². The van der Waals surface area contributed by atoms with Crippen LogP contribution in [0.5, 0.6) is 0 Å². The standard InChI is InChI=1S/C18H27N3O5S/c1-4-21(11-17(22)23)15-9-14(10-15)19-18(24)13-6-5-7-16(8-13)27(25,26)20-12(2)3/h5-8,12,14-15,20H,4,9-11H2,1-3H3,(H,19,24)(H,22,23). The first-order valence-corrected chi connectivity index (χ1v) is 10.5. The summed E-state index contributed by atoms with van der Waals surface area (Å²) in [5.74, 6) is -1.20. The molecule has 150 valence electrons. The lowest BCUT2D eigenvalue weighted by atomic mass is 9.85. The van der Waals surface area contributed by atoms with E-state index in [1.165, 1.54) is 12.1 Å². The maximum Gasteiger partial charge on any atom is 0.317 e. The van der Waals surface area contributed by atoms with Gasteiger partial charge in [0.15, 0.2) is 0 Å². The predicted octanol–water partition coefficient (Wildman–Crippen LogP) is 1.04. The van der Waals surface area contributed by atoms with Crippen LogP contribution < -0.4 is 10.0 Å². The van der Waals surface area contributed by atoms with Crippen molar-refractivity contribution in [1.29, 1.82) is 0 Å². The number of amides is 1. The Bertz CT molecular complexity index is 788. The van der Waals surface area contributed by atoms with E-state index in [2.05, 4.69) is 10.0 Å². The fraction of sp³-hybridized carbons (Fsp3) is 0.556. The number of hydrogen-bond donors (Lipinski definition) is 3. The zero-order chi connectivity index (χ0) is 20.2. The molecule has 0 spiro atoms. The van der Waals surface area contributed by atoms with Crippen LogP contribution in [0.15, 0.2) is 29.2 Å². The molecule has 9 heteroatoms. The third-order valence-corrected chi connectivity index (χ3v) is 6.16. The number of carboxylic acid groups (broad SMARTS) is 1. The van der Waals surface area contributed by atoms with Gasteiger partial charge in [-0.15, -0.1) is 0 Å². The van der Waals surface area contributed by atoms with Gasteiger partial charge in [0.1, 0.15) is 0 Å². The normalized spacial score (nSPS) is 19.7. The smallest absolute Gasteiger partial charge is 0.317 e. The van der Waals surface area contributed by atoms with Crippen molar-refractivity contribution >= 4 is 21.9 Å². The first-order valence-electron chi connectivity index (χ1n) is 9.01. The monoisotopic (exact) mass is 397 g/mol. The van der Waals surface area contributed by atoms with E-state index in [1.54, 1.807) is 26.0 Å². The van der Waals surface area contributed by atoms with E-state index in [0.29, 0.717) is 19.4 Å². The number of rotatable bonds is 9. The van der Waals surface area contributed by atoms with Crippen molar-refractivity contribution < 1.29 is 23.1 Å². The minimum absolute atomic E-state index is 0.00934. The Morgan fingerprint density at radius 1 is 1.30 bits per heavy atom. The molecule has 0 aromatic heterocycles. The molecule has 1 aliphatic carbocycles. The van der Waals surface area contributed by atoms with E-state index in [1.807, 2.05) is 11.8 Å². The largest absolute Gasteiger partial charge is 0.480 e. The molecule has 0 bridgehead atoms. The predicted molar refractivity (Wildman–Crippen MR) is 101 cm³/mol. The van der Waals surface area contributed by atoms with E-state index in [9.17, 15) is 18.0 Å². The molecule has 1 aromatic carbocycles. The molecule has 0 radical (unpaired) electrons.